The van der Waals surface area contributed by atoms with Crippen molar-refractivity contribution in [2.45, 2.75) is 50.5 Å². The zero-order valence-corrected chi connectivity index (χ0v) is 23.0. The molecule has 5 N–H and O–H groups in total. The van der Waals surface area contributed by atoms with Gasteiger partial charge in [-0.25, -0.2) is 9.42 Å². The SMILES string of the molecule is Cc1nc2c(cc1-c1ccn3nc4c(c3c1)C(c1c(C=O)cccc1OC(F)F)CC4N(C)C(O)(O)O)OC[C@]2(C)N. The van der Waals surface area contributed by atoms with E-state index in [0.717, 1.165) is 21.7 Å². The number of carbonyl (C=O) groups is 1. The maximum Gasteiger partial charge on any atom is 0.387 e. The largest absolute Gasteiger partial charge is 0.489 e. The van der Waals surface area contributed by atoms with Crippen molar-refractivity contribution in [3.63, 3.8) is 0 Å². The molecule has 0 bridgehead atoms. The van der Waals surface area contributed by atoms with Gasteiger partial charge in [-0.05, 0) is 57.1 Å². The monoisotopic (exact) mass is 581 g/mol. The van der Waals surface area contributed by atoms with Crippen LogP contribution >= 0.6 is 0 Å². The average Bonchev–Trinajstić information content (AvgIpc) is 3.56. The van der Waals surface area contributed by atoms with Crippen molar-refractivity contribution in [3.8, 4) is 22.6 Å². The molecule has 3 aromatic heterocycles. The van der Waals surface area contributed by atoms with Gasteiger partial charge in [0.25, 0.3) is 0 Å². The van der Waals surface area contributed by atoms with Crippen LogP contribution in [-0.2, 0) is 5.54 Å². The lowest BCUT2D eigenvalue weighted by molar-refractivity contribution is -0.396. The highest BCUT2D eigenvalue weighted by molar-refractivity contribution is 5.82. The van der Waals surface area contributed by atoms with Crippen LogP contribution in [0.15, 0.2) is 42.6 Å². The number of benzene rings is 1. The minimum atomic E-state index is -3.20. The number of alkyl halides is 2. The molecule has 0 radical (unpaired) electrons. The first-order valence-corrected chi connectivity index (χ1v) is 13.2. The molecule has 4 heterocycles. The summed E-state index contributed by atoms with van der Waals surface area (Å²) in [7, 11) is 1.29. The standard InChI is InChI=1S/C29H29F2N5O6/c1-14-17(11-22-26(33-14)28(2,32)13-41-22)15-7-8-36-19(9-15)24-18(10-20(25(24)34-36)35(3)29(38,39)40)23-16(12-37)5-4-6-21(23)42-27(30)31/h4-9,11-12,18,20,27,38-40H,10,13,32H2,1-3H3/t18?,20?,28-/m0/s1. The van der Waals surface area contributed by atoms with E-state index in [0.29, 0.717) is 41.1 Å². The number of aromatic nitrogens is 3. The number of nitrogens with zero attached hydrogens (tertiary/aromatic N) is 4. The minimum Gasteiger partial charge on any atom is -0.489 e. The van der Waals surface area contributed by atoms with Crippen LogP contribution in [0.5, 0.6) is 11.5 Å². The number of nitrogens with two attached hydrogens (primary N) is 1. The second kappa shape index (κ2) is 9.78. The molecule has 0 fully saturated rings. The van der Waals surface area contributed by atoms with E-state index >= 15 is 0 Å². The van der Waals surface area contributed by atoms with E-state index in [4.69, 9.17) is 20.2 Å². The molecule has 0 saturated carbocycles. The molecule has 220 valence electrons. The van der Waals surface area contributed by atoms with Crippen molar-refractivity contribution < 1.29 is 38.4 Å². The van der Waals surface area contributed by atoms with Gasteiger partial charge < -0.3 is 30.5 Å². The number of aryl methyl sites for hydroxylation is 1. The van der Waals surface area contributed by atoms with Gasteiger partial charge in [0.1, 0.15) is 30.1 Å². The molecule has 1 aliphatic heterocycles. The first kappa shape index (κ1) is 28.1. The summed E-state index contributed by atoms with van der Waals surface area (Å²) < 4.78 is 39.1. The predicted molar refractivity (Wildman–Crippen MR) is 145 cm³/mol. The van der Waals surface area contributed by atoms with Gasteiger partial charge in [-0.2, -0.15) is 13.9 Å². The third-order valence-corrected chi connectivity index (χ3v) is 8.11. The quantitative estimate of drug-likeness (QED) is 0.189. The Labute approximate surface area is 238 Å². The molecule has 1 aromatic carbocycles. The third-order valence-electron chi connectivity index (χ3n) is 8.11. The van der Waals surface area contributed by atoms with Gasteiger partial charge in [0.15, 0.2) is 0 Å². The molecule has 42 heavy (non-hydrogen) atoms. The van der Waals surface area contributed by atoms with Crippen LogP contribution in [0.4, 0.5) is 8.78 Å². The number of fused-ring (bicyclic) bond motifs is 4. The van der Waals surface area contributed by atoms with Crippen LogP contribution in [0, 0.1) is 6.92 Å². The highest BCUT2D eigenvalue weighted by Gasteiger charge is 2.45. The highest BCUT2D eigenvalue weighted by atomic mass is 19.3. The smallest absolute Gasteiger partial charge is 0.387 e. The normalized spacial score (nSPS) is 21.6. The maximum absolute atomic E-state index is 13.4. The number of rotatable bonds is 7. The van der Waals surface area contributed by atoms with E-state index in [1.165, 1.54) is 25.2 Å². The predicted octanol–water partition coefficient (Wildman–Crippen LogP) is 2.78. The summed E-state index contributed by atoms with van der Waals surface area (Å²) in [5.74, 6) is -0.343. The molecule has 13 heteroatoms. The summed E-state index contributed by atoms with van der Waals surface area (Å²) in [5.41, 5.74) is 10.4. The van der Waals surface area contributed by atoms with Crippen LogP contribution in [0.2, 0.25) is 0 Å². The Morgan fingerprint density at radius 1 is 1.26 bits per heavy atom. The fraction of sp³-hybridized carbons (Fsp3) is 0.345. The fourth-order valence-corrected chi connectivity index (χ4v) is 6.05. The molecular weight excluding hydrogens is 552 g/mol. The Balaban J connectivity index is 1.56. The topological polar surface area (TPSA) is 156 Å². The van der Waals surface area contributed by atoms with E-state index in [1.54, 1.807) is 10.7 Å². The summed E-state index contributed by atoms with van der Waals surface area (Å²) in [6.07, 6.45) is -0.856. The molecule has 3 atom stereocenters. The Hall–Kier alpha value is -4.01. The number of ether oxygens (including phenoxy) is 2. The van der Waals surface area contributed by atoms with Gasteiger partial charge in [0.2, 0.25) is 0 Å². The van der Waals surface area contributed by atoms with Gasteiger partial charge in [-0.1, -0.05) is 12.1 Å². The number of hydrogen-bond acceptors (Lipinski definition) is 10. The zero-order chi connectivity index (χ0) is 30.1. The molecule has 6 rings (SSSR count). The second-order valence-electron chi connectivity index (χ2n) is 11.0. The van der Waals surface area contributed by atoms with E-state index in [1.807, 2.05) is 32.0 Å². The van der Waals surface area contributed by atoms with Crippen molar-refractivity contribution >= 4 is 11.8 Å². The minimum absolute atomic E-state index is 0.0745. The number of aliphatic hydroxyl groups is 3. The number of carbonyl (C=O) groups excluding carboxylic acids is 1. The van der Waals surface area contributed by atoms with Crippen molar-refractivity contribution in [2.24, 2.45) is 5.73 Å². The Kier molecular flexibility index (Phi) is 6.55. The van der Waals surface area contributed by atoms with E-state index in [9.17, 15) is 28.9 Å². The number of pyridine rings is 2. The highest BCUT2D eigenvalue weighted by Crippen LogP contribution is 2.52. The first-order chi connectivity index (χ1) is 19.8. The second-order valence-corrected chi connectivity index (χ2v) is 11.0. The Morgan fingerprint density at radius 3 is 2.71 bits per heavy atom. The van der Waals surface area contributed by atoms with Gasteiger partial charge in [-0.15, -0.1) is 0 Å². The van der Waals surface area contributed by atoms with Gasteiger partial charge in [0.05, 0.1) is 22.8 Å². The van der Waals surface area contributed by atoms with Crippen LogP contribution in [-0.4, -0.2) is 67.5 Å². The van der Waals surface area contributed by atoms with Crippen molar-refractivity contribution in [2.75, 3.05) is 13.7 Å². The lowest BCUT2D eigenvalue weighted by Gasteiger charge is -2.31. The summed E-state index contributed by atoms with van der Waals surface area (Å²) in [5, 5.41) is 34.7. The number of aldehydes is 1. The van der Waals surface area contributed by atoms with Crippen molar-refractivity contribution in [1.82, 2.24) is 19.5 Å². The molecule has 2 aliphatic rings. The van der Waals surface area contributed by atoms with Gasteiger partial charge >= 0.3 is 12.7 Å². The number of halogens is 2. The fourth-order valence-electron chi connectivity index (χ4n) is 6.05. The first-order valence-electron chi connectivity index (χ1n) is 13.2. The van der Waals surface area contributed by atoms with Crippen LogP contribution in [0.1, 0.15) is 63.9 Å². The van der Waals surface area contributed by atoms with Crippen molar-refractivity contribution in [3.05, 3.63) is 76.4 Å². The molecule has 4 aromatic rings. The molecule has 1 aliphatic carbocycles. The van der Waals surface area contributed by atoms with Crippen LogP contribution in [0.3, 0.4) is 0 Å². The number of hydrogen-bond donors (Lipinski definition) is 4. The van der Waals surface area contributed by atoms with Crippen LogP contribution < -0.4 is 15.2 Å². The Morgan fingerprint density at radius 2 is 2.02 bits per heavy atom. The molecule has 2 unspecified atom stereocenters. The lowest BCUT2D eigenvalue weighted by atomic mass is 9.88. The molecule has 0 spiro atoms. The average molecular weight is 582 g/mol. The van der Waals surface area contributed by atoms with Crippen LogP contribution in [0.25, 0.3) is 16.6 Å². The zero-order valence-electron chi connectivity index (χ0n) is 23.0. The summed E-state index contributed by atoms with van der Waals surface area (Å²) in [6.45, 7) is 0.864. The summed E-state index contributed by atoms with van der Waals surface area (Å²) >= 11 is 0. The molecule has 11 nitrogen and oxygen atoms in total. The maximum atomic E-state index is 13.4. The Bertz CT molecular complexity index is 1720. The third kappa shape index (κ3) is 4.50. The van der Waals surface area contributed by atoms with Gasteiger partial charge in [0, 0.05) is 40.1 Å². The van der Waals surface area contributed by atoms with Crippen molar-refractivity contribution in [1.29, 1.82) is 0 Å². The molecule has 0 saturated heterocycles. The van der Waals surface area contributed by atoms with Gasteiger partial charge in [-0.3, -0.25) is 9.78 Å². The molecule has 0 amide bonds. The summed E-state index contributed by atoms with van der Waals surface area (Å²) in [6, 6.07) is 8.98. The lowest BCUT2D eigenvalue weighted by Crippen LogP contribution is -2.47. The summed E-state index contributed by atoms with van der Waals surface area (Å²) in [4.78, 5) is 17.7. The van der Waals surface area contributed by atoms with E-state index in [-0.39, 0.29) is 23.3 Å². The van der Waals surface area contributed by atoms with E-state index < -0.39 is 30.2 Å². The molecular formula is C29H29F2N5O6. The van der Waals surface area contributed by atoms with E-state index in [2.05, 4.69) is 5.10 Å².